The molecule has 0 aliphatic heterocycles. The number of unbranched alkanes of at least 4 members (excludes halogenated alkanes) is 1. The van der Waals surface area contributed by atoms with E-state index >= 15 is 0 Å². The molecule has 1 atom stereocenters. The van der Waals surface area contributed by atoms with Crippen molar-refractivity contribution in [2.24, 2.45) is 11.8 Å². The number of hydrogen-bond acceptors (Lipinski definition) is 3. The number of esters is 1. The van der Waals surface area contributed by atoms with E-state index in [1.807, 2.05) is 0 Å². The van der Waals surface area contributed by atoms with Crippen LogP contribution >= 0.6 is 0 Å². The summed E-state index contributed by atoms with van der Waals surface area (Å²) < 4.78 is 5.64. The van der Waals surface area contributed by atoms with Crippen molar-refractivity contribution in [3.05, 3.63) is 0 Å². The predicted molar refractivity (Wildman–Crippen MR) is 77.4 cm³/mol. The highest BCUT2D eigenvalue weighted by Crippen LogP contribution is 2.30. The van der Waals surface area contributed by atoms with Gasteiger partial charge in [0.1, 0.15) is 6.10 Å². The highest BCUT2D eigenvalue weighted by atomic mass is 16.5. The van der Waals surface area contributed by atoms with Gasteiger partial charge in [0.2, 0.25) is 0 Å². The van der Waals surface area contributed by atoms with Crippen molar-refractivity contribution < 1.29 is 19.4 Å². The first kappa shape index (κ1) is 17.0. The van der Waals surface area contributed by atoms with Crippen LogP contribution in [0.5, 0.6) is 0 Å². The molecule has 4 heteroatoms. The Morgan fingerprint density at radius 3 is 2.15 bits per heavy atom. The maximum Gasteiger partial charge on any atom is 0.309 e. The molecule has 1 aliphatic carbocycles. The van der Waals surface area contributed by atoms with Crippen LogP contribution in [0, 0.1) is 11.8 Å². The van der Waals surface area contributed by atoms with Gasteiger partial charge in [-0.3, -0.25) is 9.59 Å². The summed E-state index contributed by atoms with van der Waals surface area (Å²) in [6, 6.07) is 0. The molecule has 4 nitrogen and oxygen atoms in total. The number of carboxylic acids is 1. The molecule has 0 aromatic carbocycles. The van der Waals surface area contributed by atoms with Crippen molar-refractivity contribution in [3.8, 4) is 0 Å². The Balaban J connectivity index is 2.39. The average Bonchev–Trinajstić information content (AvgIpc) is 2.45. The van der Waals surface area contributed by atoms with Crippen LogP contribution in [-0.2, 0) is 14.3 Å². The summed E-state index contributed by atoms with van der Waals surface area (Å²) in [6.07, 6.45) is 7.65. The van der Waals surface area contributed by atoms with Crippen molar-refractivity contribution in [1.29, 1.82) is 0 Å². The number of hydrogen-bond donors (Lipinski definition) is 1. The Bertz CT molecular complexity index is 306. The van der Waals surface area contributed by atoms with Crippen LogP contribution in [0.15, 0.2) is 0 Å². The van der Waals surface area contributed by atoms with Gasteiger partial charge in [0.15, 0.2) is 0 Å². The SMILES string of the molecule is CCCCC(CCC)OC(=O)C1CCC(C(=O)O)CC1. The van der Waals surface area contributed by atoms with Crippen LogP contribution in [0.4, 0.5) is 0 Å². The summed E-state index contributed by atoms with van der Waals surface area (Å²) in [7, 11) is 0. The van der Waals surface area contributed by atoms with Crippen LogP contribution in [0.3, 0.4) is 0 Å². The second-order valence-electron chi connectivity index (χ2n) is 5.88. The third-order valence-corrected chi connectivity index (χ3v) is 4.18. The zero-order valence-corrected chi connectivity index (χ0v) is 12.8. The van der Waals surface area contributed by atoms with Gasteiger partial charge in [-0.15, -0.1) is 0 Å². The molecule has 0 spiro atoms. The van der Waals surface area contributed by atoms with Gasteiger partial charge in [-0.1, -0.05) is 33.1 Å². The summed E-state index contributed by atoms with van der Waals surface area (Å²) in [5.41, 5.74) is 0. The Labute approximate surface area is 121 Å². The maximum absolute atomic E-state index is 12.2. The van der Waals surface area contributed by atoms with E-state index in [1.54, 1.807) is 0 Å². The minimum Gasteiger partial charge on any atom is -0.481 e. The second kappa shape index (κ2) is 8.98. The molecule has 1 unspecified atom stereocenters. The molecule has 0 aromatic heterocycles. The quantitative estimate of drug-likeness (QED) is 0.689. The third-order valence-electron chi connectivity index (χ3n) is 4.18. The first-order valence-corrected chi connectivity index (χ1v) is 8.01. The molecule has 116 valence electrons. The van der Waals surface area contributed by atoms with Crippen LogP contribution in [-0.4, -0.2) is 23.1 Å². The van der Waals surface area contributed by atoms with E-state index < -0.39 is 5.97 Å². The van der Waals surface area contributed by atoms with Gasteiger partial charge < -0.3 is 9.84 Å². The molecule has 0 bridgehead atoms. The lowest BCUT2D eigenvalue weighted by molar-refractivity contribution is -0.158. The van der Waals surface area contributed by atoms with Crippen LogP contribution < -0.4 is 0 Å². The largest absolute Gasteiger partial charge is 0.481 e. The van der Waals surface area contributed by atoms with Crippen molar-refractivity contribution in [3.63, 3.8) is 0 Å². The van der Waals surface area contributed by atoms with Crippen LogP contribution in [0.1, 0.15) is 71.6 Å². The smallest absolute Gasteiger partial charge is 0.309 e. The molecule has 1 N–H and O–H groups in total. The van der Waals surface area contributed by atoms with E-state index in [0.717, 1.165) is 32.1 Å². The number of carboxylic acid groups (broad SMARTS) is 1. The number of carbonyl (C=O) groups excluding carboxylic acids is 1. The van der Waals surface area contributed by atoms with Gasteiger partial charge in [0.05, 0.1) is 11.8 Å². The predicted octanol–water partition coefficient (Wildman–Crippen LogP) is 3.78. The van der Waals surface area contributed by atoms with Crippen molar-refractivity contribution in [1.82, 2.24) is 0 Å². The molecule has 1 rings (SSSR count). The first-order chi connectivity index (χ1) is 9.58. The van der Waals surface area contributed by atoms with Gasteiger partial charge in [0.25, 0.3) is 0 Å². The number of ether oxygens (including phenoxy) is 1. The second-order valence-corrected chi connectivity index (χ2v) is 5.88. The van der Waals surface area contributed by atoms with E-state index in [4.69, 9.17) is 9.84 Å². The van der Waals surface area contributed by atoms with Gasteiger partial charge in [-0.25, -0.2) is 0 Å². The Morgan fingerprint density at radius 1 is 1.05 bits per heavy atom. The minimum absolute atomic E-state index is 0.0460. The first-order valence-electron chi connectivity index (χ1n) is 8.01. The molecule has 0 heterocycles. The highest BCUT2D eigenvalue weighted by Gasteiger charge is 2.31. The van der Waals surface area contributed by atoms with Gasteiger partial charge in [-0.05, 0) is 38.5 Å². The molecule has 1 saturated carbocycles. The summed E-state index contributed by atoms with van der Waals surface area (Å²) >= 11 is 0. The molecule has 20 heavy (non-hydrogen) atoms. The molecule has 1 fully saturated rings. The molecular formula is C16H28O4. The number of carbonyl (C=O) groups is 2. The normalized spacial score (nSPS) is 24.1. The van der Waals surface area contributed by atoms with E-state index in [-0.39, 0.29) is 23.9 Å². The maximum atomic E-state index is 12.2. The number of rotatable bonds is 8. The zero-order chi connectivity index (χ0) is 15.0. The molecule has 0 saturated heterocycles. The lowest BCUT2D eigenvalue weighted by Crippen LogP contribution is -2.29. The fourth-order valence-corrected chi connectivity index (χ4v) is 2.85. The van der Waals surface area contributed by atoms with E-state index in [2.05, 4.69) is 13.8 Å². The number of aliphatic carboxylic acids is 1. The summed E-state index contributed by atoms with van der Waals surface area (Å²) in [6.45, 7) is 4.24. The average molecular weight is 284 g/mol. The van der Waals surface area contributed by atoms with Crippen LogP contribution in [0.25, 0.3) is 0 Å². The minimum atomic E-state index is -0.733. The summed E-state index contributed by atoms with van der Waals surface area (Å²) in [5, 5.41) is 8.96. The van der Waals surface area contributed by atoms with E-state index in [9.17, 15) is 9.59 Å². The summed E-state index contributed by atoms with van der Waals surface area (Å²) in [5.74, 6) is -1.20. The zero-order valence-electron chi connectivity index (χ0n) is 12.8. The lowest BCUT2D eigenvalue weighted by Gasteiger charge is -2.26. The molecule has 0 radical (unpaired) electrons. The van der Waals surface area contributed by atoms with Gasteiger partial charge >= 0.3 is 11.9 Å². The standard InChI is InChI=1S/C16H28O4/c1-3-5-7-14(6-4-2)20-16(19)13-10-8-12(9-11-13)15(17)18/h12-14H,3-11H2,1-2H3,(H,17,18). The van der Waals surface area contributed by atoms with Gasteiger partial charge in [-0.2, -0.15) is 0 Å². The fraction of sp³-hybridized carbons (Fsp3) is 0.875. The lowest BCUT2D eigenvalue weighted by atomic mass is 9.82. The Morgan fingerprint density at radius 2 is 1.65 bits per heavy atom. The third kappa shape index (κ3) is 5.51. The topological polar surface area (TPSA) is 63.6 Å². The van der Waals surface area contributed by atoms with Crippen molar-refractivity contribution in [2.75, 3.05) is 0 Å². The Kier molecular flexibility index (Phi) is 7.63. The van der Waals surface area contributed by atoms with Crippen molar-refractivity contribution >= 4 is 11.9 Å². The molecular weight excluding hydrogens is 256 g/mol. The monoisotopic (exact) mass is 284 g/mol. The highest BCUT2D eigenvalue weighted by molar-refractivity contribution is 5.74. The van der Waals surface area contributed by atoms with E-state index in [1.165, 1.54) is 0 Å². The molecule has 0 amide bonds. The Hall–Kier alpha value is -1.06. The van der Waals surface area contributed by atoms with Crippen molar-refractivity contribution in [2.45, 2.75) is 77.7 Å². The fourth-order valence-electron chi connectivity index (χ4n) is 2.85. The van der Waals surface area contributed by atoms with E-state index in [0.29, 0.717) is 25.7 Å². The van der Waals surface area contributed by atoms with Crippen LogP contribution in [0.2, 0.25) is 0 Å². The van der Waals surface area contributed by atoms with Gasteiger partial charge in [0, 0.05) is 0 Å². The molecule has 0 aromatic rings. The summed E-state index contributed by atoms with van der Waals surface area (Å²) in [4.78, 5) is 23.0. The molecule has 1 aliphatic rings.